The van der Waals surface area contributed by atoms with Crippen LogP contribution in [0, 0.1) is 0 Å². The van der Waals surface area contributed by atoms with E-state index in [1.807, 2.05) is 29.2 Å². The third-order valence-corrected chi connectivity index (χ3v) is 4.94. The van der Waals surface area contributed by atoms with Crippen molar-refractivity contribution in [2.24, 2.45) is 5.73 Å². The molecule has 1 saturated heterocycles. The second kappa shape index (κ2) is 6.02. The Balaban J connectivity index is 1.49. The number of nitrogens with zero attached hydrogens (tertiary/aromatic N) is 3. The van der Waals surface area contributed by atoms with Crippen molar-refractivity contribution in [1.29, 1.82) is 0 Å². The molecule has 0 unspecified atom stereocenters. The van der Waals surface area contributed by atoms with E-state index in [4.69, 9.17) is 10.3 Å². The molecule has 2 aromatic rings. The van der Waals surface area contributed by atoms with Crippen molar-refractivity contribution in [1.82, 2.24) is 15.0 Å². The number of likely N-dealkylation sites (tertiary alicyclic amines) is 1. The lowest BCUT2D eigenvalue weighted by Crippen LogP contribution is -2.48. The summed E-state index contributed by atoms with van der Waals surface area (Å²) >= 11 is 0. The lowest BCUT2D eigenvalue weighted by molar-refractivity contribution is 0.0619. The average molecular weight is 326 g/mol. The van der Waals surface area contributed by atoms with Gasteiger partial charge in [0.2, 0.25) is 0 Å². The summed E-state index contributed by atoms with van der Waals surface area (Å²) in [6, 6.07) is 7.79. The van der Waals surface area contributed by atoms with E-state index in [0.29, 0.717) is 17.4 Å². The van der Waals surface area contributed by atoms with Crippen LogP contribution in [-0.4, -0.2) is 39.6 Å². The van der Waals surface area contributed by atoms with E-state index in [2.05, 4.69) is 17.1 Å². The van der Waals surface area contributed by atoms with E-state index in [-0.39, 0.29) is 18.0 Å². The zero-order valence-electron chi connectivity index (χ0n) is 13.8. The molecule has 1 saturated carbocycles. The minimum atomic E-state index is 0.0603. The van der Waals surface area contributed by atoms with Crippen molar-refractivity contribution in [2.75, 3.05) is 6.54 Å². The predicted octanol–water partition coefficient (Wildman–Crippen LogP) is 2.57. The van der Waals surface area contributed by atoms with Crippen molar-refractivity contribution in [3.05, 3.63) is 35.7 Å². The average Bonchev–Trinajstić information content (AvgIpc) is 3.32. The molecule has 1 amide bonds. The van der Waals surface area contributed by atoms with Crippen LogP contribution in [0.25, 0.3) is 11.5 Å². The first-order valence-corrected chi connectivity index (χ1v) is 8.62. The molecule has 2 N–H and O–H groups in total. The standard InChI is InChI=1S/C18H22N4O2/c1-11-10-15(19)8-9-22(11)18(23)14-6-4-13(5-7-14)17-20-16(21-24-17)12-2-3-12/h4-7,11-12,15H,2-3,8-10,19H2,1H3/t11-,15+/m1/s1. The fourth-order valence-electron chi connectivity index (χ4n) is 3.29. The third-order valence-electron chi connectivity index (χ3n) is 4.94. The molecule has 0 bridgehead atoms. The summed E-state index contributed by atoms with van der Waals surface area (Å²) in [7, 11) is 0. The van der Waals surface area contributed by atoms with Gasteiger partial charge in [-0.25, -0.2) is 0 Å². The first-order valence-electron chi connectivity index (χ1n) is 8.62. The third kappa shape index (κ3) is 2.94. The Hall–Kier alpha value is -2.21. The van der Waals surface area contributed by atoms with Crippen molar-refractivity contribution in [3.63, 3.8) is 0 Å². The monoisotopic (exact) mass is 326 g/mol. The van der Waals surface area contributed by atoms with Gasteiger partial charge >= 0.3 is 0 Å². The Labute approximate surface area is 141 Å². The summed E-state index contributed by atoms with van der Waals surface area (Å²) < 4.78 is 5.33. The highest BCUT2D eigenvalue weighted by Crippen LogP contribution is 2.38. The second-order valence-corrected chi connectivity index (χ2v) is 6.94. The van der Waals surface area contributed by atoms with Crippen LogP contribution in [0.15, 0.2) is 28.8 Å². The van der Waals surface area contributed by atoms with Crippen LogP contribution in [-0.2, 0) is 0 Å². The maximum absolute atomic E-state index is 12.7. The SMILES string of the molecule is C[C@@H]1C[C@@H](N)CCN1C(=O)c1ccc(-c2nc(C3CC3)no2)cc1. The van der Waals surface area contributed by atoms with Gasteiger partial charge in [0.25, 0.3) is 11.8 Å². The zero-order valence-corrected chi connectivity index (χ0v) is 13.8. The van der Waals surface area contributed by atoms with E-state index in [9.17, 15) is 4.79 Å². The molecule has 1 aromatic carbocycles. The highest BCUT2D eigenvalue weighted by Gasteiger charge is 2.29. The fraction of sp³-hybridized carbons (Fsp3) is 0.500. The van der Waals surface area contributed by atoms with Crippen LogP contribution in [0.5, 0.6) is 0 Å². The summed E-state index contributed by atoms with van der Waals surface area (Å²) in [6.07, 6.45) is 4.00. The van der Waals surface area contributed by atoms with E-state index < -0.39 is 0 Å². The lowest BCUT2D eigenvalue weighted by atomic mass is 9.98. The summed E-state index contributed by atoms with van der Waals surface area (Å²) in [4.78, 5) is 19.1. The van der Waals surface area contributed by atoms with Crippen molar-refractivity contribution in [2.45, 2.75) is 50.6 Å². The molecule has 2 atom stereocenters. The molecule has 1 aliphatic carbocycles. The van der Waals surface area contributed by atoms with Crippen LogP contribution in [0.1, 0.15) is 54.7 Å². The van der Waals surface area contributed by atoms with Gasteiger partial charge in [-0.15, -0.1) is 0 Å². The van der Waals surface area contributed by atoms with Gasteiger partial charge in [0.05, 0.1) is 0 Å². The summed E-state index contributed by atoms with van der Waals surface area (Å²) in [5.74, 6) is 1.84. The summed E-state index contributed by atoms with van der Waals surface area (Å²) in [6.45, 7) is 2.78. The van der Waals surface area contributed by atoms with Gasteiger partial charge in [-0.3, -0.25) is 4.79 Å². The van der Waals surface area contributed by atoms with E-state index >= 15 is 0 Å². The minimum absolute atomic E-state index is 0.0603. The van der Waals surface area contributed by atoms with Gasteiger partial charge in [0.15, 0.2) is 5.82 Å². The van der Waals surface area contributed by atoms with Crippen LogP contribution in [0.2, 0.25) is 0 Å². The molecule has 2 fully saturated rings. The number of amides is 1. The quantitative estimate of drug-likeness (QED) is 0.937. The Morgan fingerprint density at radius 1 is 1.25 bits per heavy atom. The first kappa shape index (κ1) is 15.3. The minimum Gasteiger partial charge on any atom is -0.336 e. The number of benzene rings is 1. The lowest BCUT2D eigenvalue weighted by Gasteiger charge is -2.36. The summed E-state index contributed by atoms with van der Waals surface area (Å²) in [5, 5.41) is 4.03. The van der Waals surface area contributed by atoms with Gasteiger partial charge in [-0.05, 0) is 56.9 Å². The van der Waals surface area contributed by atoms with Crippen molar-refractivity contribution in [3.8, 4) is 11.5 Å². The molecule has 6 nitrogen and oxygen atoms in total. The van der Waals surface area contributed by atoms with Crippen molar-refractivity contribution >= 4 is 5.91 Å². The number of rotatable bonds is 3. The molecular weight excluding hydrogens is 304 g/mol. The molecule has 0 spiro atoms. The van der Waals surface area contributed by atoms with Crippen LogP contribution >= 0.6 is 0 Å². The first-order chi connectivity index (χ1) is 11.6. The molecule has 1 aliphatic heterocycles. The highest BCUT2D eigenvalue weighted by molar-refractivity contribution is 5.94. The highest BCUT2D eigenvalue weighted by atomic mass is 16.5. The number of hydrogen-bond donors (Lipinski definition) is 1. The predicted molar refractivity (Wildman–Crippen MR) is 89.4 cm³/mol. The molecule has 0 radical (unpaired) electrons. The van der Waals surface area contributed by atoms with Crippen LogP contribution in [0.4, 0.5) is 0 Å². The molecule has 6 heteroatoms. The maximum atomic E-state index is 12.7. The van der Waals surface area contributed by atoms with Gasteiger partial charge in [-0.2, -0.15) is 4.98 Å². The Bertz CT molecular complexity index is 736. The number of piperidine rings is 1. The second-order valence-electron chi connectivity index (χ2n) is 6.94. The molecule has 2 aliphatic rings. The normalized spacial score (nSPS) is 24.2. The molecule has 4 rings (SSSR count). The van der Waals surface area contributed by atoms with Crippen LogP contribution in [0.3, 0.4) is 0 Å². The molecule has 24 heavy (non-hydrogen) atoms. The molecular formula is C18H22N4O2. The number of hydrogen-bond acceptors (Lipinski definition) is 5. The number of carbonyl (C=O) groups is 1. The topological polar surface area (TPSA) is 85.2 Å². The number of carbonyl (C=O) groups excluding carboxylic acids is 1. The maximum Gasteiger partial charge on any atom is 0.257 e. The number of nitrogens with two attached hydrogens (primary N) is 1. The van der Waals surface area contributed by atoms with E-state index in [1.54, 1.807) is 0 Å². The Morgan fingerprint density at radius 3 is 2.67 bits per heavy atom. The summed E-state index contributed by atoms with van der Waals surface area (Å²) in [5.41, 5.74) is 7.51. The van der Waals surface area contributed by atoms with Gasteiger partial charge in [0.1, 0.15) is 0 Å². The fourth-order valence-corrected chi connectivity index (χ4v) is 3.29. The Morgan fingerprint density at radius 2 is 2.00 bits per heavy atom. The largest absolute Gasteiger partial charge is 0.336 e. The smallest absolute Gasteiger partial charge is 0.257 e. The van der Waals surface area contributed by atoms with E-state index in [1.165, 1.54) is 0 Å². The molecule has 1 aromatic heterocycles. The van der Waals surface area contributed by atoms with Gasteiger partial charge < -0.3 is 15.2 Å². The van der Waals surface area contributed by atoms with Gasteiger partial charge in [-0.1, -0.05) is 5.16 Å². The van der Waals surface area contributed by atoms with E-state index in [0.717, 1.165) is 43.6 Å². The van der Waals surface area contributed by atoms with Gasteiger partial charge in [0, 0.05) is 35.7 Å². The molecule has 126 valence electrons. The Kier molecular flexibility index (Phi) is 3.84. The zero-order chi connectivity index (χ0) is 16.7. The van der Waals surface area contributed by atoms with Crippen molar-refractivity contribution < 1.29 is 9.32 Å². The number of aromatic nitrogens is 2. The van der Waals surface area contributed by atoms with Crippen LogP contribution < -0.4 is 5.73 Å². The molecule has 2 heterocycles.